The Morgan fingerprint density at radius 2 is 1.91 bits per heavy atom. The molecular formula is C9H16N2. The fourth-order valence-corrected chi connectivity index (χ4v) is 1.75. The first-order valence-electron chi connectivity index (χ1n) is 4.45. The maximum Gasteiger partial charge on any atom is 0.0621 e. The summed E-state index contributed by atoms with van der Waals surface area (Å²) in [6.07, 6.45) is 6.61. The molecule has 0 radical (unpaired) electrons. The van der Waals surface area contributed by atoms with Gasteiger partial charge in [-0.25, -0.2) is 0 Å². The van der Waals surface area contributed by atoms with Crippen molar-refractivity contribution >= 4 is 0 Å². The van der Waals surface area contributed by atoms with Crippen LogP contribution in [0.25, 0.3) is 0 Å². The normalized spacial score (nSPS) is 31.3. The smallest absolute Gasteiger partial charge is 0.0621 e. The Morgan fingerprint density at radius 3 is 2.45 bits per heavy atom. The highest BCUT2D eigenvalue weighted by atomic mass is 14.6. The van der Waals surface area contributed by atoms with E-state index in [9.17, 15) is 0 Å². The fraction of sp³-hybridized carbons (Fsp3) is 0.889. The van der Waals surface area contributed by atoms with E-state index in [1.807, 2.05) is 0 Å². The summed E-state index contributed by atoms with van der Waals surface area (Å²) in [5.41, 5.74) is 5.76. The number of nitrogens with two attached hydrogens (primary N) is 1. The zero-order valence-electron chi connectivity index (χ0n) is 6.92. The Kier molecular flexibility index (Phi) is 3.38. The Bertz CT molecular complexity index is 140. The largest absolute Gasteiger partial charge is 0.328 e. The highest BCUT2D eigenvalue weighted by Gasteiger charge is 2.17. The Labute approximate surface area is 68.4 Å². The van der Waals surface area contributed by atoms with Crippen LogP contribution in [0.1, 0.15) is 38.5 Å². The molecule has 1 saturated carbocycles. The molecule has 2 nitrogen and oxygen atoms in total. The second kappa shape index (κ2) is 4.35. The van der Waals surface area contributed by atoms with Crippen LogP contribution in [0.3, 0.4) is 0 Å². The summed E-state index contributed by atoms with van der Waals surface area (Å²) in [4.78, 5) is 0. The number of rotatable bonds is 2. The van der Waals surface area contributed by atoms with Crippen molar-refractivity contribution in [1.82, 2.24) is 0 Å². The van der Waals surface area contributed by atoms with Gasteiger partial charge in [0.15, 0.2) is 0 Å². The van der Waals surface area contributed by atoms with Gasteiger partial charge in [-0.3, -0.25) is 0 Å². The second-order valence-corrected chi connectivity index (χ2v) is 3.48. The molecule has 1 rings (SSSR count). The molecule has 0 aromatic heterocycles. The van der Waals surface area contributed by atoms with E-state index in [2.05, 4.69) is 6.07 Å². The van der Waals surface area contributed by atoms with Crippen LogP contribution in [0.5, 0.6) is 0 Å². The SMILES string of the molecule is N#CCC[C@H]1CC[C@H](N)CC1. The van der Waals surface area contributed by atoms with Crippen LogP contribution in [0.15, 0.2) is 0 Å². The Balaban J connectivity index is 2.13. The molecule has 0 bridgehead atoms. The summed E-state index contributed by atoms with van der Waals surface area (Å²) < 4.78 is 0. The average molecular weight is 152 g/mol. The van der Waals surface area contributed by atoms with E-state index in [0.29, 0.717) is 6.04 Å². The zero-order chi connectivity index (χ0) is 8.10. The van der Waals surface area contributed by atoms with Gasteiger partial charge in [0.2, 0.25) is 0 Å². The highest BCUT2D eigenvalue weighted by Crippen LogP contribution is 2.26. The fourth-order valence-electron chi connectivity index (χ4n) is 1.75. The molecule has 0 aromatic rings. The molecule has 0 unspecified atom stereocenters. The van der Waals surface area contributed by atoms with Crippen LogP contribution in [-0.4, -0.2) is 6.04 Å². The van der Waals surface area contributed by atoms with Gasteiger partial charge in [-0.05, 0) is 38.0 Å². The summed E-state index contributed by atoms with van der Waals surface area (Å²) in [5.74, 6) is 0.787. The van der Waals surface area contributed by atoms with Crippen LogP contribution in [0, 0.1) is 17.2 Å². The molecule has 62 valence electrons. The first-order chi connectivity index (χ1) is 5.33. The molecule has 0 aliphatic heterocycles. The van der Waals surface area contributed by atoms with Crippen molar-refractivity contribution in [3.05, 3.63) is 0 Å². The van der Waals surface area contributed by atoms with Crippen molar-refractivity contribution in [2.45, 2.75) is 44.6 Å². The molecule has 2 heteroatoms. The van der Waals surface area contributed by atoms with Gasteiger partial charge in [0.1, 0.15) is 0 Å². The number of nitrogens with zero attached hydrogens (tertiary/aromatic N) is 1. The third-order valence-corrected chi connectivity index (χ3v) is 2.56. The van der Waals surface area contributed by atoms with Gasteiger partial charge in [-0.15, -0.1) is 0 Å². The summed E-state index contributed by atoms with van der Waals surface area (Å²) in [6, 6.07) is 2.63. The quantitative estimate of drug-likeness (QED) is 0.656. The minimum atomic E-state index is 0.438. The third kappa shape index (κ3) is 2.90. The van der Waals surface area contributed by atoms with Gasteiger partial charge in [0, 0.05) is 12.5 Å². The van der Waals surface area contributed by atoms with Crippen molar-refractivity contribution in [3.63, 3.8) is 0 Å². The van der Waals surface area contributed by atoms with E-state index >= 15 is 0 Å². The molecule has 0 spiro atoms. The summed E-state index contributed by atoms with van der Waals surface area (Å²) in [6.45, 7) is 0. The van der Waals surface area contributed by atoms with E-state index < -0.39 is 0 Å². The molecule has 2 N–H and O–H groups in total. The minimum absolute atomic E-state index is 0.438. The van der Waals surface area contributed by atoms with E-state index in [4.69, 9.17) is 11.0 Å². The minimum Gasteiger partial charge on any atom is -0.328 e. The Hall–Kier alpha value is -0.550. The first kappa shape index (κ1) is 8.55. The van der Waals surface area contributed by atoms with Gasteiger partial charge in [0.25, 0.3) is 0 Å². The van der Waals surface area contributed by atoms with Gasteiger partial charge in [-0.1, -0.05) is 0 Å². The Morgan fingerprint density at radius 1 is 1.27 bits per heavy atom. The van der Waals surface area contributed by atoms with Crippen LogP contribution in [0.4, 0.5) is 0 Å². The van der Waals surface area contributed by atoms with Crippen LogP contribution < -0.4 is 5.73 Å². The summed E-state index contributed by atoms with van der Waals surface area (Å²) in [5, 5.41) is 8.37. The lowest BCUT2D eigenvalue weighted by Gasteiger charge is -2.25. The lowest BCUT2D eigenvalue weighted by Crippen LogP contribution is -2.26. The summed E-state index contributed by atoms with van der Waals surface area (Å²) >= 11 is 0. The van der Waals surface area contributed by atoms with Crippen molar-refractivity contribution in [2.75, 3.05) is 0 Å². The third-order valence-electron chi connectivity index (χ3n) is 2.56. The summed E-state index contributed by atoms with van der Waals surface area (Å²) in [7, 11) is 0. The zero-order valence-corrected chi connectivity index (χ0v) is 6.92. The van der Waals surface area contributed by atoms with Gasteiger partial charge >= 0.3 is 0 Å². The van der Waals surface area contributed by atoms with Crippen LogP contribution >= 0.6 is 0 Å². The monoisotopic (exact) mass is 152 g/mol. The number of nitriles is 1. The van der Waals surface area contributed by atoms with Crippen LogP contribution in [0.2, 0.25) is 0 Å². The molecular weight excluding hydrogens is 136 g/mol. The first-order valence-corrected chi connectivity index (χ1v) is 4.45. The maximum atomic E-state index is 8.37. The van der Waals surface area contributed by atoms with Crippen molar-refractivity contribution in [2.24, 2.45) is 11.7 Å². The van der Waals surface area contributed by atoms with Gasteiger partial charge in [-0.2, -0.15) is 5.26 Å². The molecule has 0 saturated heterocycles. The molecule has 11 heavy (non-hydrogen) atoms. The molecule has 1 aliphatic rings. The molecule has 0 amide bonds. The van der Waals surface area contributed by atoms with Crippen molar-refractivity contribution < 1.29 is 0 Å². The lowest BCUT2D eigenvalue weighted by atomic mass is 9.84. The maximum absolute atomic E-state index is 8.37. The van der Waals surface area contributed by atoms with E-state index in [1.54, 1.807) is 0 Å². The molecule has 0 atom stereocenters. The van der Waals surface area contributed by atoms with E-state index in [0.717, 1.165) is 31.6 Å². The van der Waals surface area contributed by atoms with Crippen molar-refractivity contribution in [1.29, 1.82) is 5.26 Å². The lowest BCUT2D eigenvalue weighted by molar-refractivity contribution is 0.313. The second-order valence-electron chi connectivity index (χ2n) is 3.48. The van der Waals surface area contributed by atoms with Gasteiger partial charge < -0.3 is 5.73 Å². The standard InChI is InChI=1S/C9H16N2/c10-7-1-2-8-3-5-9(11)6-4-8/h8-9H,1-6,11H2/t8-,9-. The predicted octanol–water partition coefficient (Wildman–Crippen LogP) is 1.81. The van der Waals surface area contributed by atoms with E-state index in [1.165, 1.54) is 12.8 Å². The predicted molar refractivity (Wildman–Crippen MR) is 44.8 cm³/mol. The van der Waals surface area contributed by atoms with Gasteiger partial charge in [0.05, 0.1) is 6.07 Å². The van der Waals surface area contributed by atoms with Crippen LogP contribution in [-0.2, 0) is 0 Å². The number of hydrogen-bond donors (Lipinski definition) is 1. The topological polar surface area (TPSA) is 49.8 Å². The molecule has 0 aromatic carbocycles. The highest BCUT2D eigenvalue weighted by molar-refractivity contribution is 4.78. The molecule has 1 fully saturated rings. The average Bonchev–Trinajstić information content (AvgIpc) is 2.04. The molecule has 1 aliphatic carbocycles. The number of hydrogen-bond acceptors (Lipinski definition) is 2. The van der Waals surface area contributed by atoms with Crippen molar-refractivity contribution in [3.8, 4) is 6.07 Å². The van der Waals surface area contributed by atoms with E-state index in [-0.39, 0.29) is 0 Å². The molecule has 0 heterocycles.